The highest BCUT2D eigenvalue weighted by Crippen LogP contribution is 2.14. The van der Waals surface area contributed by atoms with E-state index in [0.717, 1.165) is 6.42 Å². The maximum Gasteiger partial charge on any atom is 0.220 e. The second kappa shape index (κ2) is 3.01. The van der Waals surface area contributed by atoms with Gasteiger partial charge in [-0.15, -0.1) is 0 Å². The Kier molecular flexibility index (Phi) is 2.27. The number of amides is 1. The van der Waals surface area contributed by atoms with Gasteiger partial charge in [-0.25, -0.2) is 0 Å². The van der Waals surface area contributed by atoms with E-state index >= 15 is 0 Å². The van der Waals surface area contributed by atoms with Crippen molar-refractivity contribution in [2.75, 3.05) is 6.54 Å². The summed E-state index contributed by atoms with van der Waals surface area (Å²) in [5.41, 5.74) is 5.49. The first-order valence-electron chi connectivity index (χ1n) is 3.73. The Labute approximate surface area is 61.0 Å². The fraction of sp³-hybridized carbons (Fsp3) is 0.857. The summed E-state index contributed by atoms with van der Waals surface area (Å²) in [6, 6.07) is 0.270. The van der Waals surface area contributed by atoms with Crippen LogP contribution in [0, 0.1) is 5.92 Å². The van der Waals surface area contributed by atoms with Gasteiger partial charge in [0.1, 0.15) is 0 Å². The molecule has 1 fully saturated rings. The number of rotatable bonds is 1. The number of hydrogen-bond acceptors (Lipinski definition) is 2. The van der Waals surface area contributed by atoms with Crippen molar-refractivity contribution in [3.63, 3.8) is 0 Å². The van der Waals surface area contributed by atoms with Crippen molar-refractivity contribution in [2.45, 2.75) is 25.8 Å². The second-order valence-corrected chi connectivity index (χ2v) is 2.89. The van der Waals surface area contributed by atoms with Crippen LogP contribution in [0.3, 0.4) is 0 Å². The highest BCUT2D eigenvalue weighted by molar-refractivity contribution is 5.77. The normalized spacial score (nSPS) is 33.6. The van der Waals surface area contributed by atoms with Crippen LogP contribution in [-0.4, -0.2) is 18.5 Å². The molecule has 0 spiro atoms. The van der Waals surface area contributed by atoms with Gasteiger partial charge in [-0.2, -0.15) is 0 Å². The van der Waals surface area contributed by atoms with Gasteiger partial charge in [0.2, 0.25) is 5.91 Å². The molecular weight excluding hydrogens is 128 g/mol. The van der Waals surface area contributed by atoms with Gasteiger partial charge in [-0.3, -0.25) is 4.79 Å². The maximum absolute atomic E-state index is 10.8. The van der Waals surface area contributed by atoms with E-state index in [9.17, 15) is 4.79 Å². The van der Waals surface area contributed by atoms with Crippen LogP contribution in [0.25, 0.3) is 0 Å². The van der Waals surface area contributed by atoms with E-state index in [4.69, 9.17) is 5.73 Å². The maximum atomic E-state index is 10.8. The molecular formula is C7H14N2O. The van der Waals surface area contributed by atoms with Crippen molar-refractivity contribution in [1.82, 2.24) is 5.32 Å². The summed E-state index contributed by atoms with van der Waals surface area (Å²) in [6.07, 6.45) is 1.59. The van der Waals surface area contributed by atoms with E-state index in [1.165, 1.54) is 0 Å². The lowest BCUT2D eigenvalue weighted by Gasteiger charge is -2.28. The molecule has 3 N–H and O–H groups in total. The van der Waals surface area contributed by atoms with Gasteiger partial charge in [0.05, 0.1) is 0 Å². The number of piperidine rings is 1. The first kappa shape index (κ1) is 7.54. The van der Waals surface area contributed by atoms with Crippen molar-refractivity contribution < 1.29 is 4.79 Å². The lowest BCUT2D eigenvalue weighted by Crippen LogP contribution is -2.45. The summed E-state index contributed by atoms with van der Waals surface area (Å²) in [4.78, 5) is 10.8. The van der Waals surface area contributed by atoms with Crippen molar-refractivity contribution in [1.29, 1.82) is 0 Å². The first-order chi connectivity index (χ1) is 4.74. The molecule has 2 atom stereocenters. The molecule has 0 aromatic heterocycles. The van der Waals surface area contributed by atoms with Crippen molar-refractivity contribution in [3.05, 3.63) is 0 Å². The summed E-state index contributed by atoms with van der Waals surface area (Å²) < 4.78 is 0. The van der Waals surface area contributed by atoms with Gasteiger partial charge in [0.25, 0.3) is 0 Å². The van der Waals surface area contributed by atoms with E-state index < -0.39 is 0 Å². The molecule has 1 saturated heterocycles. The standard InChI is InChI=1S/C7H14N2O/c1-5-6(4-8)2-3-7(10)9-5/h5-6H,2-4,8H2,1H3,(H,9,10)/t5-,6+/m0/s1. The van der Waals surface area contributed by atoms with Crippen molar-refractivity contribution in [2.24, 2.45) is 11.7 Å². The molecule has 0 unspecified atom stereocenters. The summed E-state index contributed by atoms with van der Waals surface area (Å²) >= 11 is 0. The molecule has 3 nitrogen and oxygen atoms in total. The van der Waals surface area contributed by atoms with E-state index in [1.807, 2.05) is 6.92 Å². The minimum Gasteiger partial charge on any atom is -0.353 e. The molecule has 1 aliphatic rings. The van der Waals surface area contributed by atoms with E-state index in [0.29, 0.717) is 18.9 Å². The number of carbonyl (C=O) groups excluding carboxylic acids is 1. The molecule has 0 bridgehead atoms. The highest BCUT2D eigenvalue weighted by Gasteiger charge is 2.23. The van der Waals surface area contributed by atoms with Crippen LogP contribution in [-0.2, 0) is 4.79 Å². The van der Waals surface area contributed by atoms with Crippen LogP contribution < -0.4 is 11.1 Å². The molecule has 10 heavy (non-hydrogen) atoms. The SMILES string of the molecule is C[C@@H]1NC(=O)CC[C@@H]1CN. The number of nitrogens with two attached hydrogens (primary N) is 1. The average Bonchev–Trinajstić information content (AvgIpc) is 1.88. The van der Waals surface area contributed by atoms with Gasteiger partial charge < -0.3 is 11.1 Å². The van der Waals surface area contributed by atoms with Gasteiger partial charge in [0, 0.05) is 12.5 Å². The largest absolute Gasteiger partial charge is 0.353 e. The summed E-state index contributed by atoms with van der Waals surface area (Å²) in [5.74, 6) is 0.648. The second-order valence-electron chi connectivity index (χ2n) is 2.89. The Morgan fingerprint density at radius 3 is 3.00 bits per heavy atom. The zero-order chi connectivity index (χ0) is 7.56. The molecule has 0 aromatic rings. The van der Waals surface area contributed by atoms with Crippen LogP contribution in [0.5, 0.6) is 0 Å². The Bertz CT molecular complexity index is 136. The Morgan fingerprint density at radius 2 is 2.50 bits per heavy atom. The fourth-order valence-electron chi connectivity index (χ4n) is 1.33. The third kappa shape index (κ3) is 1.48. The molecule has 0 saturated carbocycles. The van der Waals surface area contributed by atoms with E-state index in [-0.39, 0.29) is 11.9 Å². The summed E-state index contributed by atoms with van der Waals surface area (Å²) in [5, 5.41) is 2.86. The predicted molar refractivity (Wildman–Crippen MR) is 39.4 cm³/mol. The average molecular weight is 142 g/mol. The van der Waals surface area contributed by atoms with Gasteiger partial charge in [-0.05, 0) is 25.8 Å². The van der Waals surface area contributed by atoms with Gasteiger partial charge in [-0.1, -0.05) is 0 Å². The van der Waals surface area contributed by atoms with Crippen LogP contribution >= 0.6 is 0 Å². The smallest absolute Gasteiger partial charge is 0.220 e. The van der Waals surface area contributed by atoms with Crippen molar-refractivity contribution >= 4 is 5.91 Å². The van der Waals surface area contributed by atoms with Crippen LogP contribution in [0.1, 0.15) is 19.8 Å². The topological polar surface area (TPSA) is 55.1 Å². The van der Waals surface area contributed by atoms with Crippen LogP contribution in [0.2, 0.25) is 0 Å². The molecule has 58 valence electrons. The summed E-state index contributed by atoms with van der Waals surface area (Å²) in [6.45, 7) is 2.69. The molecule has 3 heteroatoms. The first-order valence-corrected chi connectivity index (χ1v) is 3.73. The Balaban J connectivity index is 2.43. The van der Waals surface area contributed by atoms with Gasteiger partial charge in [0.15, 0.2) is 0 Å². The molecule has 1 amide bonds. The van der Waals surface area contributed by atoms with Crippen LogP contribution in [0.15, 0.2) is 0 Å². The number of nitrogens with one attached hydrogen (secondary N) is 1. The number of hydrogen-bond donors (Lipinski definition) is 2. The monoisotopic (exact) mass is 142 g/mol. The molecule has 0 aliphatic carbocycles. The third-order valence-corrected chi connectivity index (χ3v) is 2.14. The molecule has 0 radical (unpaired) electrons. The molecule has 1 heterocycles. The van der Waals surface area contributed by atoms with E-state index in [2.05, 4.69) is 5.32 Å². The quantitative estimate of drug-likeness (QED) is 0.535. The molecule has 1 rings (SSSR count). The Hall–Kier alpha value is -0.570. The zero-order valence-electron chi connectivity index (χ0n) is 6.26. The van der Waals surface area contributed by atoms with Gasteiger partial charge >= 0.3 is 0 Å². The Morgan fingerprint density at radius 1 is 1.80 bits per heavy atom. The minimum atomic E-state index is 0.164. The molecule has 0 aromatic carbocycles. The zero-order valence-corrected chi connectivity index (χ0v) is 6.26. The lowest BCUT2D eigenvalue weighted by atomic mass is 9.92. The fourth-order valence-corrected chi connectivity index (χ4v) is 1.33. The summed E-state index contributed by atoms with van der Waals surface area (Å²) in [7, 11) is 0. The highest BCUT2D eigenvalue weighted by atomic mass is 16.1. The predicted octanol–water partition coefficient (Wildman–Crippen LogP) is -0.140. The third-order valence-electron chi connectivity index (χ3n) is 2.14. The van der Waals surface area contributed by atoms with Crippen molar-refractivity contribution in [3.8, 4) is 0 Å². The molecule has 1 aliphatic heterocycles. The number of carbonyl (C=O) groups is 1. The van der Waals surface area contributed by atoms with E-state index in [1.54, 1.807) is 0 Å². The van der Waals surface area contributed by atoms with Crippen LogP contribution in [0.4, 0.5) is 0 Å². The lowest BCUT2D eigenvalue weighted by molar-refractivity contribution is -0.124. The minimum absolute atomic E-state index is 0.164.